The van der Waals surface area contributed by atoms with Gasteiger partial charge in [0.2, 0.25) is 0 Å². The van der Waals surface area contributed by atoms with Crippen LogP contribution in [-0.2, 0) is 5.41 Å². The van der Waals surface area contributed by atoms with Crippen LogP contribution in [-0.4, -0.2) is 0 Å². The Hall–Kier alpha value is -5.99. The normalized spacial score (nSPS) is 13.0. The molecule has 8 aromatic carbocycles. The van der Waals surface area contributed by atoms with Gasteiger partial charge in [0.1, 0.15) is 5.82 Å². The SMILES string of the molecule is CC1(C)c2ccccc2-c2ccc(N(c3ccc(-c4cccc5cccc(-c6ccc(F)cc6)c45)cc3)c3ccc4ccccc4c3)cc21. The summed E-state index contributed by atoms with van der Waals surface area (Å²) in [5.74, 6) is -0.229. The van der Waals surface area contributed by atoms with Gasteiger partial charge in [-0.15, -0.1) is 0 Å². The lowest BCUT2D eigenvalue weighted by atomic mass is 9.82. The van der Waals surface area contributed by atoms with Crippen molar-refractivity contribution in [2.45, 2.75) is 19.3 Å². The Morgan fingerprint density at radius 1 is 0.408 bits per heavy atom. The van der Waals surface area contributed by atoms with Crippen LogP contribution in [0.15, 0.2) is 170 Å². The molecule has 0 atom stereocenters. The minimum Gasteiger partial charge on any atom is -0.310 e. The van der Waals surface area contributed by atoms with E-state index in [1.807, 2.05) is 12.1 Å². The van der Waals surface area contributed by atoms with Crippen molar-refractivity contribution in [3.8, 4) is 33.4 Å². The molecule has 0 aromatic heterocycles. The second kappa shape index (κ2) is 11.3. The maximum atomic E-state index is 13.8. The molecular formula is C47H34FN. The highest BCUT2D eigenvalue weighted by Gasteiger charge is 2.35. The molecule has 2 heteroatoms. The standard InChI is InChI=1S/C47H34FN/c1-47(2)44-16-6-5-13-42(44)43-28-27-39(30-45(43)47)49(38-26-19-31-9-3-4-10-35(31)29-38)37-24-20-33(21-25-37)41-15-8-12-34-11-7-14-40(46(34)41)32-17-22-36(48)23-18-32/h3-30H,1-2H3. The van der Waals surface area contributed by atoms with Crippen molar-refractivity contribution < 1.29 is 4.39 Å². The van der Waals surface area contributed by atoms with Gasteiger partial charge >= 0.3 is 0 Å². The maximum absolute atomic E-state index is 13.8. The summed E-state index contributed by atoms with van der Waals surface area (Å²) in [7, 11) is 0. The Morgan fingerprint density at radius 3 is 1.67 bits per heavy atom. The zero-order valence-corrected chi connectivity index (χ0v) is 27.5. The first-order valence-corrected chi connectivity index (χ1v) is 16.9. The summed E-state index contributed by atoms with van der Waals surface area (Å²) in [6, 6.07) is 59.5. The number of fused-ring (bicyclic) bond motifs is 5. The molecule has 49 heavy (non-hydrogen) atoms. The molecular weight excluding hydrogens is 598 g/mol. The average Bonchev–Trinajstić information content (AvgIpc) is 3.37. The minimum absolute atomic E-state index is 0.0998. The van der Waals surface area contributed by atoms with Gasteiger partial charge in [-0.1, -0.05) is 135 Å². The second-order valence-corrected chi connectivity index (χ2v) is 13.5. The van der Waals surface area contributed by atoms with Gasteiger partial charge in [-0.25, -0.2) is 4.39 Å². The summed E-state index contributed by atoms with van der Waals surface area (Å²) in [4.78, 5) is 2.38. The van der Waals surface area contributed by atoms with E-state index in [1.165, 1.54) is 45.2 Å². The molecule has 1 aliphatic rings. The highest BCUT2D eigenvalue weighted by molar-refractivity contribution is 6.06. The first-order valence-electron chi connectivity index (χ1n) is 16.9. The van der Waals surface area contributed by atoms with Gasteiger partial charge in [-0.05, 0) is 115 Å². The number of hydrogen-bond acceptors (Lipinski definition) is 1. The Balaban J connectivity index is 1.19. The molecule has 8 aromatic rings. The van der Waals surface area contributed by atoms with Gasteiger partial charge in [-0.2, -0.15) is 0 Å². The lowest BCUT2D eigenvalue weighted by molar-refractivity contribution is 0.628. The molecule has 1 nitrogen and oxygen atoms in total. The van der Waals surface area contributed by atoms with E-state index in [1.54, 1.807) is 0 Å². The topological polar surface area (TPSA) is 3.24 Å². The Morgan fingerprint density at radius 2 is 0.939 bits per heavy atom. The third-order valence-corrected chi connectivity index (χ3v) is 10.3. The first-order chi connectivity index (χ1) is 24.0. The van der Waals surface area contributed by atoms with E-state index in [0.717, 1.165) is 50.1 Å². The van der Waals surface area contributed by atoms with Crippen molar-refractivity contribution in [3.05, 3.63) is 187 Å². The van der Waals surface area contributed by atoms with Crippen LogP contribution in [0.25, 0.3) is 54.9 Å². The van der Waals surface area contributed by atoms with Crippen molar-refractivity contribution in [1.82, 2.24) is 0 Å². The molecule has 9 rings (SSSR count). The van der Waals surface area contributed by atoms with Crippen molar-refractivity contribution in [2.24, 2.45) is 0 Å². The van der Waals surface area contributed by atoms with Gasteiger partial charge in [0.05, 0.1) is 0 Å². The minimum atomic E-state index is -0.229. The fraction of sp³-hybridized carbons (Fsp3) is 0.0638. The number of hydrogen-bond donors (Lipinski definition) is 0. The largest absolute Gasteiger partial charge is 0.310 e. The van der Waals surface area contributed by atoms with Crippen LogP contribution >= 0.6 is 0 Å². The maximum Gasteiger partial charge on any atom is 0.123 e. The lowest BCUT2D eigenvalue weighted by Gasteiger charge is -2.28. The number of benzene rings is 8. The van der Waals surface area contributed by atoms with E-state index < -0.39 is 0 Å². The molecule has 0 bridgehead atoms. The Bertz CT molecular complexity index is 2520. The monoisotopic (exact) mass is 631 g/mol. The summed E-state index contributed by atoms with van der Waals surface area (Å²) in [6.07, 6.45) is 0. The van der Waals surface area contributed by atoms with E-state index in [4.69, 9.17) is 0 Å². The van der Waals surface area contributed by atoms with Crippen LogP contribution in [0.2, 0.25) is 0 Å². The van der Waals surface area contributed by atoms with Crippen molar-refractivity contribution in [1.29, 1.82) is 0 Å². The lowest BCUT2D eigenvalue weighted by Crippen LogP contribution is -2.16. The second-order valence-electron chi connectivity index (χ2n) is 13.5. The summed E-state index contributed by atoms with van der Waals surface area (Å²) in [6.45, 7) is 4.67. The quantitative estimate of drug-likeness (QED) is 0.183. The predicted octanol–water partition coefficient (Wildman–Crippen LogP) is 13.2. The molecule has 0 saturated carbocycles. The van der Waals surface area contributed by atoms with Crippen LogP contribution in [0, 0.1) is 5.82 Å². The Labute approximate surface area is 286 Å². The predicted molar refractivity (Wildman–Crippen MR) is 205 cm³/mol. The number of nitrogens with zero attached hydrogens (tertiary/aromatic N) is 1. The van der Waals surface area contributed by atoms with Gasteiger partial charge in [0, 0.05) is 22.5 Å². The van der Waals surface area contributed by atoms with Crippen LogP contribution < -0.4 is 4.90 Å². The molecule has 0 fully saturated rings. The van der Waals surface area contributed by atoms with E-state index >= 15 is 0 Å². The van der Waals surface area contributed by atoms with Gasteiger partial charge in [-0.3, -0.25) is 0 Å². The molecule has 0 heterocycles. The van der Waals surface area contributed by atoms with Crippen LogP contribution in [0.1, 0.15) is 25.0 Å². The fourth-order valence-electron chi connectivity index (χ4n) is 7.84. The molecule has 0 aliphatic heterocycles. The molecule has 0 radical (unpaired) electrons. The number of anilines is 3. The molecule has 0 saturated heterocycles. The van der Waals surface area contributed by atoms with E-state index in [0.29, 0.717) is 0 Å². The van der Waals surface area contributed by atoms with E-state index in [9.17, 15) is 4.39 Å². The average molecular weight is 632 g/mol. The summed E-state index contributed by atoms with van der Waals surface area (Å²) >= 11 is 0. The number of rotatable bonds is 5. The van der Waals surface area contributed by atoms with Crippen molar-refractivity contribution in [3.63, 3.8) is 0 Å². The summed E-state index contributed by atoms with van der Waals surface area (Å²) < 4.78 is 13.8. The van der Waals surface area contributed by atoms with Crippen molar-refractivity contribution in [2.75, 3.05) is 4.90 Å². The summed E-state index contributed by atoms with van der Waals surface area (Å²) in [5.41, 5.74) is 13.0. The van der Waals surface area contributed by atoms with Crippen LogP contribution in [0.5, 0.6) is 0 Å². The molecule has 234 valence electrons. The first kappa shape index (κ1) is 29.2. The third kappa shape index (κ3) is 4.83. The molecule has 0 N–H and O–H groups in total. The molecule has 0 unspecified atom stereocenters. The molecule has 0 spiro atoms. The van der Waals surface area contributed by atoms with Crippen LogP contribution in [0.4, 0.5) is 21.5 Å². The Kier molecular flexibility index (Phi) is 6.74. The van der Waals surface area contributed by atoms with Crippen LogP contribution in [0.3, 0.4) is 0 Å². The third-order valence-electron chi connectivity index (χ3n) is 10.3. The van der Waals surface area contributed by atoms with Crippen molar-refractivity contribution >= 4 is 38.6 Å². The smallest absolute Gasteiger partial charge is 0.123 e. The highest BCUT2D eigenvalue weighted by atomic mass is 19.1. The zero-order valence-electron chi connectivity index (χ0n) is 27.5. The number of halogens is 1. The van der Waals surface area contributed by atoms with Gasteiger partial charge < -0.3 is 4.90 Å². The zero-order chi connectivity index (χ0) is 33.1. The van der Waals surface area contributed by atoms with Gasteiger partial charge in [0.25, 0.3) is 0 Å². The van der Waals surface area contributed by atoms with Gasteiger partial charge in [0.15, 0.2) is 0 Å². The summed E-state index contributed by atoms with van der Waals surface area (Å²) in [5, 5.41) is 4.75. The fourth-order valence-corrected chi connectivity index (χ4v) is 7.84. The molecule has 0 amide bonds. The van der Waals surface area contributed by atoms with E-state index in [2.05, 4.69) is 164 Å². The molecule has 1 aliphatic carbocycles. The highest BCUT2D eigenvalue weighted by Crippen LogP contribution is 2.51. The van der Waals surface area contributed by atoms with E-state index in [-0.39, 0.29) is 11.2 Å².